The molecule has 0 radical (unpaired) electrons. The molecule has 0 amide bonds. The number of aromatic hydroxyl groups is 1. The Labute approximate surface area is 143 Å². The van der Waals surface area contributed by atoms with Gasteiger partial charge in [0.1, 0.15) is 11.8 Å². The molecule has 0 saturated heterocycles. The van der Waals surface area contributed by atoms with E-state index in [2.05, 4.69) is 9.98 Å². The number of phenolic OH excluding ortho intramolecular Hbond substituents is 1. The quantitative estimate of drug-likeness (QED) is 0.717. The zero-order chi connectivity index (χ0) is 17.4. The second kappa shape index (κ2) is 5.53. The summed E-state index contributed by atoms with van der Waals surface area (Å²) in [6, 6.07) is 15.5. The molecule has 4 rings (SSSR count). The third-order valence-electron chi connectivity index (χ3n) is 4.10. The molecule has 120 valence electrons. The molecule has 2 aromatic carbocycles. The van der Waals surface area contributed by atoms with Crippen molar-refractivity contribution in [2.45, 2.75) is 5.79 Å². The number of phenols is 1. The van der Waals surface area contributed by atoms with Crippen LogP contribution in [0.3, 0.4) is 0 Å². The van der Waals surface area contributed by atoms with E-state index in [1.54, 1.807) is 42.5 Å². The van der Waals surface area contributed by atoms with Gasteiger partial charge in [0.2, 0.25) is 0 Å². The minimum absolute atomic E-state index is 0.207. The van der Waals surface area contributed by atoms with E-state index >= 15 is 0 Å². The van der Waals surface area contributed by atoms with Gasteiger partial charge in [-0.15, -0.1) is 0 Å². The number of nitriles is 1. The van der Waals surface area contributed by atoms with Crippen LogP contribution in [0.15, 0.2) is 53.5 Å². The third kappa shape index (κ3) is 2.64. The van der Waals surface area contributed by atoms with Gasteiger partial charge < -0.3 is 5.11 Å². The second-order valence-corrected chi connectivity index (χ2v) is 5.79. The van der Waals surface area contributed by atoms with Crippen LogP contribution in [0.2, 0.25) is 0 Å². The molecule has 25 heavy (non-hydrogen) atoms. The Morgan fingerprint density at radius 3 is 2.80 bits per heavy atom. The minimum atomic E-state index is -2.27. The fourth-order valence-electron chi connectivity index (χ4n) is 2.81. The van der Waals surface area contributed by atoms with Crippen LogP contribution in [0.5, 0.6) is 5.75 Å². The average molecular weight is 329 g/mol. The minimum Gasteiger partial charge on any atom is -0.508 e. The van der Waals surface area contributed by atoms with Crippen molar-refractivity contribution in [2.24, 2.45) is 4.99 Å². The molecule has 0 saturated carbocycles. The fourth-order valence-corrected chi connectivity index (χ4v) is 2.81. The van der Waals surface area contributed by atoms with Crippen LogP contribution < -0.4 is 0 Å². The van der Waals surface area contributed by atoms with Crippen molar-refractivity contribution in [1.29, 1.82) is 5.26 Å². The molecule has 1 unspecified atom stereocenters. The number of hydrogen-bond acceptors (Lipinski definition) is 4. The normalized spacial score (nSPS) is 18.6. The summed E-state index contributed by atoms with van der Waals surface area (Å²) >= 11 is 0. The number of aliphatic imine (C=N–C) groups is 1. The highest BCUT2D eigenvalue weighted by Crippen LogP contribution is 2.34. The summed E-state index contributed by atoms with van der Waals surface area (Å²) in [5, 5.41) is 19.3. The molecule has 1 aliphatic heterocycles. The smallest absolute Gasteiger partial charge is 0.312 e. The SMILES string of the molecule is N#CC1(F)N=Cc2cc(/C=C/c3ccc4cc(O)ccc4n3)ccc21. The van der Waals surface area contributed by atoms with E-state index < -0.39 is 5.79 Å². The van der Waals surface area contributed by atoms with Gasteiger partial charge in [0.05, 0.1) is 11.2 Å². The summed E-state index contributed by atoms with van der Waals surface area (Å²) in [7, 11) is 0. The molecular formula is C20H12FN3O. The van der Waals surface area contributed by atoms with Crippen molar-refractivity contribution < 1.29 is 9.50 Å². The first kappa shape index (κ1) is 15.0. The zero-order valence-corrected chi connectivity index (χ0v) is 13.0. The predicted octanol–water partition coefficient (Wildman–Crippen LogP) is 4.19. The molecule has 1 aromatic heterocycles. The lowest BCUT2D eigenvalue weighted by molar-refractivity contribution is 0.265. The lowest BCUT2D eigenvalue weighted by Gasteiger charge is -2.08. The first-order chi connectivity index (χ1) is 12.1. The van der Waals surface area contributed by atoms with Crippen molar-refractivity contribution in [3.63, 3.8) is 0 Å². The van der Waals surface area contributed by atoms with Crippen LogP contribution in [0, 0.1) is 11.3 Å². The highest BCUT2D eigenvalue weighted by atomic mass is 19.1. The summed E-state index contributed by atoms with van der Waals surface area (Å²) in [5.41, 5.74) is 3.30. The number of hydrogen-bond donors (Lipinski definition) is 1. The van der Waals surface area contributed by atoms with Crippen LogP contribution >= 0.6 is 0 Å². The molecule has 1 N–H and O–H groups in total. The summed E-state index contributed by atoms with van der Waals surface area (Å²) in [4.78, 5) is 8.16. The maximum Gasteiger partial charge on any atom is 0.312 e. The van der Waals surface area contributed by atoms with Gasteiger partial charge >= 0.3 is 5.79 Å². The molecule has 1 atom stereocenters. The van der Waals surface area contributed by atoms with Crippen molar-refractivity contribution in [2.75, 3.05) is 0 Å². The Hall–Kier alpha value is -3.52. The third-order valence-corrected chi connectivity index (χ3v) is 4.10. The predicted molar refractivity (Wildman–Crippen MR) is 94.8 cm³/mol. The molecule has 3 aromatic rings. The standard InChI is InChI=1S/C20H12FN3O/c21-20(12-22)18-7-2-13(9-15(18)11-23-20)1-4-16-5-3-14-10-17(25)6-8-19(14)24-16/h1-11,25H/b4-1+. The molecule has 1 aliphatic rings. The van der Waals surface area contributed by atoms with Gasteiger partial charge in [-0.25, -0.2) is 9.98 Å². The van der Waals surface area contributed by atoms with Gasteiger partial charge in [0.25, 0.3) is 0 Å². The van der Waals surface area contributed by atoms with Crippen LogP contribution in [0.4, 0.5) is 4.39 Å². The Morgan fingerprint density at radius 1 is 1.08 bits per heavy atom. The van der Waals surface area contributed by atoms with E-state index in [1.165, 1.54) is 6.21 Å². The maximum absolute atomic E-state index is 14.2. The Kier molecular flexibility index (Phi) is 3.33. The van der Waals surface area contributed by atoms with Crippen LogP contribution in [0.25, 0.3) is 23.1 Å². The number of fused-ring (bicyclic) bond motifs is 2. The van der Waals surface area contributed by atoms with Crippen molar-refractivity contribution in [1.82, 2.24) is 4.98 Å². The van der Waals surface area contributed by atoms with Crippen molar-refractivity contribution >= 4 is 29.3 Å². The van der Waals surface area contributed by atoms with E-state index in [0.717, 1.165) is 22.2 Å². The van der Waals surface area contributed by atoms with Crippen molar-refractivity contribution in [3.05, 3.63) is 70.9 Å². The fraction of sp³-hybridized carbons (Fsp3) is 0.0500. The second-order valence-electron chi connectivity index (χ2n) is 5.79. The van der Waals surface area contributed by atoms with Crippen LogP contribution in [-0.4, -0.2) is 16.3 Å². The lowest BCUT2D eigenvalue weighted by Crippen LogP contribution is -2.10. The van der Waals surface area contributed by atoms with E-state index in [0.29, 0.717) is 5.56 Å². The van der Waals surface area contributed by atoms with Gasteiger partial charge in [-0.3, -0.25) is 0 Å². The summed E-state index contributed by atoms with van der Waals surface area (Å²) in [6.45, 7) is 0. The molecule has 5 heteroatoms. The van der Waals surface area contributed by atoms with Gasteiger partial charge in [-0.1, -0.05) is 24.3 Å². The number of nitrogens with zero attached hydrogens (tertiary/aromatic N) is 3. The molecular weight excluding hydrogens is 317 g/mol. The van der Waals surface area contributed by atoms with Gasteiger partial charge in [0, 0.05) is 22.7 Å². The molecule has 0 fully saturated rings. The van der Waals surface area contributed by atoms with E-state index in [9.17, 15) is 9.50 Å². The molecule has 2 heterocycles. The molecule has 0 bridgehead atoms. The molecule has 4 nitrogen and oxygen atoms in total. The molecule has 0 spiro atoms. The number of alkyl halides is 1. The average Bonchev–Trinajstić information content (AvgIpc) is 2.97. The van der Waals surface area contributed by atoms with Gasteiger partial charge in [-0.2, -0.15) is 9.65 Å². The summed E-state index contributed by atoms with van der Waals surface area (Å²) in [6.07, 6.45) is 5.11. The van der Waals surface area contributed by atoms with Crippen LogP contribution in [0.1, 0.15) is 22.4 Å². The van der Waals surface area contributed by atoms with Gasteiger partial charge in [-0.05, 0) is 42.0 Å². The Morgan fingerprint density at radius 2 is 1.96 bits per heavy atom. The number of rotatable bonds is 2. The van der Waals surface area contributed by atoms with E-state index in [-0.39, 0.29) is 11.3 Å². The number of aromatic nitrogens is 1. The van der Waals surface area contributed by atoms with Gasteiger partial charge in [0.15, 0.2) is 0 Å². The van der Waals surface area contributed by atoms with E-state index in [4.69, 9.17) is 5.26 Å². The first-order valence-electron chi connectivity index (χ1n) is 7.65. The topological polar surface area (TPSA) is 69.3 Å². The largest absolute Gasteiger partial charge is 0.508 e. The number of benzene rings is 2. The van der Waals surface area contributed by atoms with Crippen LogP contribution in [-0.2, 0) is 5.79 Å². The maximum atomic E-state index is 14.2. The summed E-state index contributed by atoms with van der Waals surface area (Å²) < 4.78 is 14.2. The van der Waals surface area contributed by atoms with Crippen molar-refractivity contribution in [3.8, 4) is 11.8 Å². The zero-order valence-electron chi connectivity index (χ0n) is 13.0. The Balaban J connectivity index is 1.64. The highest BCUT2D eigenvalue weighted by molar-refractivity contribution is 5.88. The Bertz CT molecular complexity index is 1100. The molecule has 0 aliphatic carbocycles. The summed E-state index contributed by atoms with van der Waals surface area (Å²) in [5.74, 6) is -2.07. The highest BCUT2D eigenvalue weighted by Gasteiger charge is 2.36. The number of pyridine rings is 1. The first-order valence-corrected chi connectivity index (χ1v) is 7.65. The monoisotopic (exact) mass is 329 g/mol. The lowest BCUT2D eigenvalue weighted by atomic mass is 10.0. The number of halogens is 1. The van der Waals surface area contributed by atoms with E-state index in [1.807, 2.05) is 24.3 Å².